The Kier molecular flexibility index (Phi) is 4.94. The summed E-state index contributed by atoms with van der Waals surface area (Å²) in [7, 11) is 0. The molecule has 0 aliphatic heterocycles. The molecule has 0 amide bonds. The third kappa shape index (κ3) is 3.34. The second-order valence-corrected chi connectivity index (χ2v) is 8.89. The van der Waals surface area contributed by atoms with Crippen LogP contribution in [-0.4, -0.2) is 24.1 Å². The number of hydrogen-bond acceptors (Lipinski definition) is 4. The molecule has 3 aliphatic carbocycles. The largest absolute Gasteiger partial charge is 0.457 e. The molecule has 3 aliphatic rings. The molecule has 0 aromatic rings. The standard InChI is InChI=1S/C20H32O4/c1-12-13(2)16-9-14(12)10-17(16)19(22)23-11-18(21)24-20(3,4)15-7-5-6-8-15/h12-17H,5-11H2,1-4H3. The van der Waals surface area contributed by atoms with Crippen molar-refractivity contribution in [3.8, 4) is 0 Å². The molecule has 24 heavy (non-hydrogen) atoms. The molecule has 3 rings (SSSR count). The maximum atomic E-state index is 12.4. The minimum absolute atomic E-state index is 0.0168. The van der Waals surface area contributed by atoms with E-state index in [0.717, 1.165) is 25.7 Å². The quantitative estimate of drug-likeness (QED) is 0.713. The highest BCUT2D eigenvalue weighted by Crippen LogP contribution is 2.55. The summed E-state index contributed by atoms with van der Waals surface area (Å²) in [5, 5.41) is 0. The van der Waals surface area contributed by atoms with Gasteiger partial charge in [0, 0.05) is 0 Å². The van der Waals surface area contributed by atoms with Crippen molar-refractivity contribution >= 4 is 11.9 Å². The lowest BCUT2D eigenvalue weighted by atomic mass is 9.76. The van der Waals surface area contributed by atoms with E-state index >= 15 is 0 Å². The number of carbonyl (C=O) groups is 2. The highest BCUT2D eigenvalue weighted by Gasteiger charge is 2.51. The van der Waals surface area contributed by atoms with Crippen molar-refractivity contribution in [1.82, 2.24) is 0 Å². The molecular formula is C20H32O4. The molecule has 4 heteroatoms. The minimum atomic E-state index is -0.462. The van der Waals surface area contributed by atoms with E-state index < -0.39 is 11.6 Å². The number of carbonyl (C=O) groups excluding carboxylic acids is 2. The lowest BCUT2D eigenvalue weighted by Gasteiger charge is -2.32. The zero-order chi connectivity index (χ0) is 17.5. The molecule has 0 aromatic heterocycles. The number of esters is 2. The van der Waals surface area contributed by atoms with Crippen LogP contribution in [0.15, 0.2) is 0 Å². The van der Waals surface area contributed by atoms with E-state index in [4.69, 9.17) is 9.47 Å². The highest BCUT2D eigenvalue weighted by atomic mass is 16.6. The van der Waals surface area contributed by atoms with Gasteiger partial charge < -0.3 is 9.47 Å². The van der Waals surface area contributed by atoms with Crippen LogP contribution in [0.25, 0.3) is 0 Å². The van der Waals surface area contributed by atoms with E-state index in [2.05, 4.69) is 13.8 Å². The fraction of sp³-hybridized carbons (Fsp3) is 0.900. The van der Waals surface area contributed by atoms with Crippen LogP contribution in [0, 0.1) is 35.5 Å². The molecule has 136 valence electrons. The predicted molar refractivity (Wildman–Crippen MR) is 91.1 cm³/mol. The molecule has 5 atom stereocenters. The van der Waals surface area contributed by atoms with Crippen LogP contribution in [0.5, 0.6) is 0 Å². The molecule has 5 unspecified atom stereocenters. The lowest BCUT2D eigenvalue weighted by molar-refractivity contribution is -0.173. The summed E-state index contributed by atoms with van der Waals surface area (Å²) in [5.41, 5.74) is -0.462. The van der Waals surface area contributed by atoms with E-state index in [1.807, 2.05) is 13.8 Å². The van der Waals surface area contributed by atoms with Crippen molar-refractivity contribution in [2.75, 3.05) is 6.61 Å². The first-order chi connectivity index (χ1) is 11.3. The van der Waals surface area contributed by atoms with Crippen molar-refractivity contribution in [1.29, 1.82) is 0 Å². The Balaban J connectivity index is 1.46. The van der Waals surface area contributed by atoms with Crippen LogP contribution >= 0.6 is 0 Å². The second kappa shape index (κ2) is 6.68. The van der Waals surface area contributed by atoms with E-state index in [0.29, 0.717) is 29.6 Å². The van der Waals surface area contributed by atoms with Crippen molar-refractivity contribution in [3.05, 3.63) is 0 Å². The van der Waals surface area contributed by atoms with Crippen molar-refractivity contribution < 1.29 is 19.1 Å². The molecule has 4 nitrogen and oxygen atoms in total. The molecule has 0 saturated heterocycles. The van der Waals surface area contributed by atoms with Gasteiger partial charge in [-0.2, -0.15) is 0 Å². The Morgan fingerprint density at radius 3 is 2.29 bits per heavy atom. The normalized spacial score (nSPS) is 36.1. The molecule has 0 heterocycles. The molecule has 3 fully saturated rings. The number of ether oxygens (including phenoxy) is 2. The topological polar surface area (TPSA) is 52.6 Å². The average Bonchev–Trinajstić information content (AvgIpc) is 3.23. The summed E-state index contributed by atoms with van der Waals surface area (Å²) in [5.74, 6) is 2.16. The fourth-order valence-corrected chi connectivity index (χ4v) is 5.48. The SMILES string of the molecule is CC1C2CC(C(=O)OCC(=O)OC(C)(C)C3CCCC3)C(C2)C1C. The molecule has 0 N–H and O–H groups in total. The molecule has 0 radical (unpaired) electrons. The number of hydrogen-bond donors (Lipinski definition) is 0. The molecule has 0 aromatic carbocycles. The van der Waals surface area contributed by atoms with Gasteiger partial charge in [-0.1, -0.05) is 26.7 Å². The Bertz CT molecular complexity index is 490. The first-order valence-electron chi connectivity index (χ1n) is 9.68. The Labute approximate surface area is 145 Å². The van der Waals surface area contributed by atoms with Crippen LogP contribution in [-0.2, 0) is 19.1 Å². The van der Waals surface area contributed by atoms with Gasteiger partial charge in [0.15, 0.2) is 6.61 Å². The van der Waals surface area contributed by atoms with Gasteiger partial charge in [0.25, 0.3) is 0 Å². The van der Waals surface area contributed by atoms with Gasteiger partial charge in [-0.25, -0.2) is 4.79 Å². The van der Waals surface area contributed by atoms with Gasteiger partial charge in [-0.15, -0.1) is 0 Å². The second-order valence-electron chi connectivity index (χ2n) is 8.89. The van der Waals surface area contributed by atoms with E-state index in [1.54, 1.807) is 0 Å². The van der Waals surface area contributed by atoms with Crippen LogP contribution < -0.4 is 0 Å². The summed E-state index contributed by atoms with van der Waals surface area (Å²) < 4.78 is 10.9. The fourth-order valence-electron chi connectivity index (χ4n) is 5.48. The third-order valence-electron chi connectivity index (χ3n) is 7.25. The van der Waals surface area contributed by atoms with Gasteiger partial charge >= 0.3 is 11.9 Å². The summed E-state index contributed by atoms with van der Waals surface area (Å²) in [6.07, 6.45) is 6.71. The zero-order valence-electron chi connectivity index (χ0n) is 15.5. The van der Waals surface area contributed by atoms with Crippen LogP contribution in [0.3, 0.4) is 0 Å². The van der Waals surface area contributed by atoms with Gasteiger partial charge in [0.1, 0.15) is 5.60 Å². The summed E-state index contributed by atoms with van der Waals surface area (Å²) in [4.78, 5) is 24.5. The first-order valence-corrected chi connectivity index (χ1v) is 9.68. The van der Waals surface area contributed by atoms with Gasteiger partial charge in [0.05, 0.1) is 5.92 Å². The first kappa shape index (κ1) is 17.8. The maximum Gasteiger partial charge on any atom is 0.344 e. The molecule has 3 saturated carbocycles. The van der Waals surface area contributed by atoms with Crippen molar-refractivity contribution in [3.63, 3.8) is 0 Å². The van der Waals surface area contributed by atoms with Gasteiger partial charge in [0.2, 0.25) is 0 Å². The van der Waals surface area contributed by atoms with Gasteiger partial charge in [-0.05, 0) is 69.1 Å². The Morgan fingerprint density at radius 2 is 1.71 bits per heavy atom. The summed E-state index contributed by atoms with van der Waals surface area (Å²) >= 11 is 0. The summed E-state index contributed by atoms with van der Waals surface area (Å²) in [6, 6.07) is 0. The van der Waals surface area contributed by atoms with Crippen LogP contribution in [0.2, 0.25) is 0 Å². The van der Waals surface area contributed by atoms with Crippen LogP contribution in [0.4, 0.5) is 0 Å². The number of fused-ring (bicyclic) bond motifs is 2. The smallest absolute Gasteiger partial charge is 0.344 e. The summed E-state index contributed by atoms with van der Waals surface area (Å²) in [6.45, 7) is 8.24. The maximum absolute atomic E-state index is 12.4. The molecular weight excluding hydrogens is 304 g/mol. The zero-order valence-corrected chi connectivity index (χ0v) is 15.5. The molecule has 0 spiro atoms. The minimum Gasteiger partial charge on any atom is -0.457 e. The predicted octanol–water partition coefficient (Wildman–Crippen LogP) is 3.97. The van der Waals surface area contributed by atoms with Gasteiger partial charge in [-0.3, -0.25) is 4.79 Å². The molecule has 2 bridgehead atoms. The van der Waals surface area contributed by atoms with Crippen LogP contribution in [0.1, 0.15) is 66.2 Å². The van der Waals surface area contributed by atoms with E-state index in [-0.39, 0.29) is 18.5 Å². The van der Waals surface area contributed by atoms with E-state index in [1.165, 1.54) is 12.8 Å². The monoisotopic (exact) mass is 336 g/mol. The highest BCUT2D eigenvalue weighted by molar-refractivity contribution is 5.78. The average molecular weight is 336 g/mol. The third-order valence-corrected chi connectivity index (χ3v) is 7.25. The van der Waals surface area contributed by atoms with Crippen molar-refractivity contribution in [2.45, 2.75) is 71.8 Å². The van der Waals surface area contributed by atoms with Crippen molar-refractivity contribution in [2.24, 2.45) is 35.5 Å². The van der Waals surface area contributed by atoms with E-state index in [9.17, 15) is 9.59 Å². The lowest BCUT2D eigenvalue weighted by Crippen LogP contribution is -2.37. The Morgan fingerprint density at radius 1 is 1.04 bits per heavy atom. The number of rotatable bonds is 5. The Hall–Kier alpha value is -1.06.